The molecule has 1 heterocycles. The number of amides is 1. The van der Waals surface area contributed by atoms with Crippen LogP contribution in [-0.4, -0.2) is 11.9 Å². The first-order chi connectivity index (χ1) is 6.66. The SMILES string of the molecule is CC(C)Nc1ccc2c(c1)C(=O)NC2. The average Bonchev–Trinajstić information content (AvgIpc) is 2.47. The van der Waals surface area contributed by atoms with Gasteiger partial charge in [0.2, 0.25) is 0 Å². The number of carbonyl (C=O) groups is 1. The Labute approximate surface area is 83.5 Å². The molecule has 1 amide bonds. The number of rotatable bonds is 2. The van der Waals surface area contributed by atoms with Crippen LogP contribution in [0.2, 0.25) is 0 Å². The Morgan fingerprint density at radius 3 is 2.93 bits per heavy atom. The second-order valence-electron chi connectivity index (χ2n) is 3.85. The van der Waals surface area contributed by atoms with Crippen LogP contribution in [0, 0.1) is 0 Å². The molecular weight excluding hydrogens is 176 g/mol. The molecule has 0 saturated heterocycles. The predicted octanol–water partition coefficient (Wildman–Crippen LogP) is 1.75. The Morgan fingerprint density at radius 1 is 1.43 bits per heavy atom. The fraction of sp³-hybridized carbons (Fsp3) is 0.364. The Balaban J connectivity index is 2.30. The largest absolute Gasteiger partial charge is 0.383 e. The third-order valence-corrected chi connectivity index (χ3v) is 2.25. The molecule has 2 N–H and O–H groups in total. The molecule has 0 aromatic heterocycles. The number of hydrogen-bond donors (Lipinski definition) is 2. The lowest BCUT2D eigenvalue weighted by Crippen LogP contribution is -2.13. The van der Waals surface area contributed by atoms with Crippen molar-refractivity contribution in [2.24, 2.45) is 0 Å². The third-order valence-electron chi connectivity index (χ3n) is 2.25. The van der Waals surface area contributed by atoms with Crippen molar-refractivity contribution >= 4 is 11.6 Å². The van der Waals surface area contributed by atoms with Gasteiger partial charge in [-0.3, -0.25) is 4.79 Å². The fourth-order valence-corrected chi connectivity index (χ4v) is 1.64. The van der Waals surface area contributed by atoms with Crippen molar-refractivity contribution < 1.29 is 4.79 Å². The Bertz CT molecular complexity index is 372. The molecule has 0 spiro atoms. The third kappa shape index (κ3) is 1.58. The van der Waals surface area contributed by atoms with Gasteiger partial charge < -0.3 is 10.6 Å². The Hall–Kier alpha value is -1.51. The zero-order valence-corrected chi connectivity index (χ0v) is 8.42. The van der Waals surface area contributed by atoms with Crippen LogP contribution in [0.15, 0.2) is 18.2 Å². The number of anilines is 1. The maximum absolute atomic E-state index is 11.4. The van der Waals surface area contributed by atoms with Gasteiger partial charge in [0.15, 0.2) is 0 Å². The molecule has 0 saturated carbocycles. The van der Waals surface area contributed by atoms with Gasteiger partial charge in [-0.25, -0.2) is 0 Å². The van der Waals surface area contributed by atoms with Gasteiger partial charge in [-0.2, -0.15) is 0 Å². The lowest BCUT2D eigenvalue weighted by Gasteiger charge is -2.10. The quantitative estimate of drug-likeness (QED) is 0.746. The summed E-state index contributed by atoms with van der Waals surface area (Å²) in [6, 6.07) is 6.31. The molecule has 14 heavy (non-hydrogen) atoms. The van der Waals surface area contributed by atoms with Crippen LogP contribution in [0.4, 0.5) is 5.69 Å². The summed E-state index contributed by atoms with van der Waals surface area (Å²) < 4.78 is 0. The lowest BCUT2D eigenvalue weighted by atomic mass is 10.1. The van der Waals surface area contributed by atoms with Crippen LogP contribution in [-0.2, 0) is 6.54 Å². The Morgan fingerprint density at radius 2 is 2.21 bits per heavy atom. The molecule has 1 aliphatic heterocycles. The second kappa shape index (κ2) is 3.33. The summed E-state index contributed by atoms with van der Waals surface area (Å²) in [4.78, 5) is 11.4. The summed E-state index contributed by atoms with van der Waals surface area (Å²) >= 11 is 0. The monoisotopic (exact) mass is 190 g/mol. The average molecular weight is 190 g/mol. The smallest absolute Gasteiger partial charge is 0.251 e. The first kappa shape index (κ1) is 9.06. The van der Waals surface area contributed by atoms with Crippen LogP contribution in [0.25, 0.3) is 0 Å². The highest BCUT2D eigenvalue weighted by atomic mass is 16.1. The predicted molar refractivity (Wildman–Crippen MR) is 56.4 cm³/mol. The highest BCUT2D eigenvalue weighted by Crippen LogP contribution is 2.20. The molecule has 0 aliphatic carbocycles. The van der Waals surface area contributed by atoms with Crippen LogP contribution < -0.4 is 10.6 Å². The number of nitrogens with one attached hydrogen (secondary N) is 2. The molecule has 0 unspecified atom stereocenters. The second-order valence-corrected chi connectivity index (χ2v) is 3.85. The van der Waals surface area contributed by atoms with E-state index in [4.69, 9.17) is 0 Å². The van der Waals surface area contributed by atoms with E-state index in [9.17, 15) is 4.79 Å². The fourth-order valence-electron chi connectivity index (χ4n) is 1.64. The molecule has 0 radical (unpaired) electrons. The molecule has 3 heteroatoms. The van der Waals surface area contributed by atoms with Gasteiger partial charge >= 0.3 is 0 Å². The van der Waals surface area contributed by atoms with E-state index < -0.39 is 0 Å². The number of benzene rings is 1. The van der Waals surface area contributed by atoms with Gasteiger partial charge in [0.25, 0.3) is 5.91 Å². The van der Waals surface area contributed by atoms with Crippen molar-refractivity contribution in [3.05, 3.63) is 29.3 Å². The van der Waals surface area contributed by atoms with Gasteiger partial charge in [-0.1, -0.05) is 6.07 Å². The van der Waals surface area contributed by atoms with Gasteiger partial charge in [0, 0.05) is 23.8 Å². The maximum Gasteiger partial charge on any atom is 0.251 e. The van der Waals surface area contributed by atoms with Crippen LogP contribution >= 0.6 is 0 Å². The van der Waals surface area contributed by atoms with Crippen LogP contribution in [0.1, 0.15) is 29.8 Å². The number of carbonyl (C=O) groups excluding carboxylic acids is 1. The van der Waals surface area contributed by atoms with E-state index in [0.29, 0.717) is 12.6 Å². The summed E-state index contributed by atoms with van der Waals surface area (Å²) in [7, 11) is 0. The van der Waals surface area contributed by atoms with Gasteiger partial charge in [0.1, 0.15) is 0 Å². The summed E-state index contributed by atoms with van der Waals surface area (Å²) in [6.07, 6.45) is 0. The molecule has 0 fully saturated rings. The standard InChI is InChI=1S/C11H14N2O/c1-7(2)13-9-4-3-8-6-12-11(14)10(8)5-9/h3-5,7,13H,6H2,1-2H3,(H,12,14). The van der Waals surface area contributed by atoms with E-state index in [2.05, 4.69) is 24.5 Å². The minimum atomic E-state index is 0.0346. The van der Waals surface area contributed by atoms with Crippen molar-refractivity contribution in [3.63, 3.8) is 0 Å². The van der Waals surface area contributed by atoms with Crippen molar-refractivity contribution in [1.29, 1.82) is 0 Å². The van der Waals surface area contributed by atoms with Gasteiger partial charge in [-0.15, -0.1) is 0 Å². The first-order valence-corrected chi connectivity index (χ1v) is 4.84. The summed E-state index contributed by atoms with van der Waals surface area (Å²) in [6.45, 7) is 4.82. The highest BCUT2D eigenvalue weighted by molar-refractivity contribution is 5.99. The molecule has 1 aromatic carbocycles. The Kier molecular flexibility index (Phi) is 2.15. The van der Waals surface area contributed by atoms with Crippen LogP contribution in [0.5, 0.6) is 0 Å². The molecule has 1 aliphatic rings. The minimum absolute atomic E-state index is 0.0346. The molecule has 2 rings (SSSR count). The topological polar surface area (TPSA) is 41.1 Å². The molecule has 0 atom stereocenters. The molecule has 1 aromatic rings. The van der Waals surface area contributed by atoms with Crippen LogP contribution in [0.3, 0.4) is 0 Å². The summed E-state index contributed by atoms with van der Waals surface area (Å²) in [5, 5.41) is 6.07. The van der Waals surface area contributed by atoms with Crippen molar-refractivity contribution in [3.8, 4) is 0 Å². The van der Waals surface area contributed by atoms with E-state index in [0.717, 1.165) is 16.8 Å². The van der Waals surface area contributed by atoms with Gasteiger partial charge in [0.05, 0.1) is 0 Å². The first-order valence-electron chi connectivity index (χ1n) is 4.84. The lowest BCUT2D eigenvalue weighted by molar-refractivity contribution is 0.0966. The summed E-state index contributed by atoms with van der Waals surface area (Å²) in [5.74, 6) is 0.0346. The number of hydrogen-bond acceptors (Lipinski definition) is 2. The number of fused-ring (bicyclic) bond motifs is 1. The highest BCUT2D eigenvalue weighted by Gasteiger charge is 2.18. The van der Waals surface area contributed by atoms with E-state index >= 15 is 0 Å². The van der Waals surface area contributed by atoms with Crippen molar-refractivity contribution in [2.75, 3.05) is 5.32 Å². The normalized spacial score (nSPS) is 14.1. The van der Waals surface area contributed by atoms with Crippen molar-refractivity contribution in [2.45, 2.75) is 26.4 Å². The van der Waals surface area contributed by atoms with E-state index in [-0.39, 0.29) is 5.91 Å². The maximum atomic E-state index is 11.4. The van der Waals surface area contributed by atoms with Gasteiger partial charge in [-0.05, 0) is 31.5 Å². The molecular formula is C11H14N2O. The molecule has 74 valence electrons. The zero-order valence-electron chi connectivity index (χ0n) is 8.42. The van der Waals surface area contributed by atoms with Crippen molar-refractivity contribution in [1.82, 2.24) is 5.32 Å². The van der Waals surface area contributed by atoms with E-state index in [1.54, 1.807) is 0 Å². The van der Waals surface area contributed by atoms with E-state index in [1.807, 2.05) is 18.2 Å². The van der Waals surface area contributed by atoms with E-state index in [1.165, 1.54) is 0 Å². The summed E-state index contributed by atoms with van der Waals surface area (Å²) in [5.41, 5.74) is 2.90. The minimum Gasteiger partial charge on any atom is -0.383 e. The zero-order chi connectivity index (χ0) is 10.1. The molecule has 3 nitrogen and oxygen atoms in total. The molecule has 0 bridgehead atoms.